The highest BCUT2D eigenvalue weighted by Crippen LogP contribution is 2.30. The molecule has 0 saturated carbocycles. The van der Waals surface area contributed by atoms with E-state index in [4.69, 9.17) is 15.8 Å². The molecule has 6 heteroatoms. The van der Waals surface area contributed by atoms with Gasteiger partial charge < -0.3 is 0 Å². The Hall–Kier alpha value is -1.14. The van der Waals surface area contributed by atoms with Crippen molar-refractivity contribution in [2.24, 2.45) is 0 Å². The van der Waals surface area contributed by atoms with Crippen LogP contribution in [0, 0.1) is 6.92 Å². The molecule has 136 valence electrons. The van der Waals surface area contributed by atoms with Crippen molar-refractivity contribution in [2.45, 2.75) is 43.4 Å². The zero-order valence-electron chi connectivity index (χ0n) is 15.1. The fraction of sp³-hybridized carbons (Fsp3) is 0.368. The van der Waals surface area contributed by atoms with Gasteiger partial charge in [-0.2, -0.15) is 8.42 Å². The van der Waals surface area contributed by atoms with Crippen LogP contribution >= 0.6 is 11.6 Å². The summed E-state index contributed by atoms with van der Waals surface area (Å²) in [4.78, 5) is 0.191. The second kappa shape index (κ2) is 8.04. The molecule has 0 radical (unpaired) electrons. The Bertz CT molecular complexity index is 811. The lowest BCUT2D eigenvalue weighted by molar-refractivity contribution is 0.297. The molecule has 0 aromatic heterocycles. The van der Waals surface area contributed by atoms with Gasteiger partial charge >= 0.3 is 0 Å². The quantitative estimate of drug-likeness (QED) is 0.460. The highest BCUT2D eigenvalue weighted by Gasteiger charge is 2.25. The van der Waals surface area contributed by atoms with Crippen LogP contribution in [-0.2, 0) is 14.3 Å². The Morgan fingerprint density at radius 1 is 1.08 bits per heavy atom. The van der Waals surface area contributed by atoms with Gasteiger partial charge in [-0.25, -0.2) is 0 Å². The molecule has 0 heterocycles. The third kappa shape index (κ3) is 6.26. The van der Waals surface area contributed by atoms with E-state index in [-0.39, 0.29) is 17.4 Å². The number of hydrogen-bond donors (Lipinski definition) is 0. The molecular formula is C19H25ClO3SSi. The van der Waals surface area contributed by atoms with Crippen molar-refractivity contribution in [3.05, 3.63) is 64.7 Å². The normalized spacial score (nSPS) is 13.6. The second-order valence-corrected chi connectivity index (χ2v) is 15.1. The van der Waals surface area contributed by atoms with E-state index >= 15 is 0 Å². The van der Waals surface area contributed by atoms with Gasteiger partial charge in [0.05, 0.1) is 11.5 Å². The Labute approximate surface area is 157 Å². The summed E-state index contributed by atoms with van der Waals surface area (Å²) in [6.45, 7) is 8.83. The molecule has 0 saturated heterocycles. The average molecular weight is 397 g/mol. The molecule has 0 aliphatic carbocycles. The van der Waals surface area contributed by atoms with Crippen molar-refractivity contribution < 1.29 is 12.6 Å². The zero-order valence-corrected chi connectivity index (χ0v) is 17.7. The molecular weight excluding hydrogens is 372 g/mol. The first-order valence-corrected chi connectivity index (χ1v) is 13.8. The number of aryl methyl sites for hydroxylation is 1. The molecule has 25 heavy (non-hydrogen) atoms. The summed E-state index contributed by atoms with van der Waals surface area (Å²) in [6, 6.07) is 15.2. The van der Waals surface area contributed by atoms with E-state index in [1.54, 1.807) is 24.3 Å². The SMILES string of the molecule is Cc1ccc(S(=O)(=O)OCC(C[Si](C)(C)C)c2cccc(Cl)c2)cc1. The van der Waals surface area contributed by atoms with Crippen LogP contribution in [0.3, 0.4) is 0 Å². The maximum absolute atomic E-state index is 12.5. The van der Waals surface area contributed by atoms with E-state index in [0.29, 0.717) is 5.02 Å². The minimum absolute atomic E-state index is 0.00518. The fourth-order valence-electron chi connectivity index (χ4n) is 2.72. The van der Waals surface area contributed by atoms with Crippen LogP contribution in [0.4, 0.5) is 0 Å². The average Bonchev–Trinajstić information content (AvgIpc) is 2.51. The molecule has 2 aromatic carbocycles. The highest BCUT2D eigenvalue weighted by atomic mass is 35.5. The van der Waals surface area contributed by atoms with E-state index in [9.17, 15) is 8.42 Å². The van der Waals surface area contributed by atoms with Crippen LogP contribution in [0.5, 0.6) is 0 Å². The molecule has 0 spiro atoms. The summed E-state index contributed by atoms with van der Waals surface area (Å²) >= 11 is 6.11. The van der Waals surface area contributed by atoms with Crippen LogP contribution in [0.25, 0.3) is 0 Å². The first-order chi connectivity index (χ1) is 11.6. The summed E-state index contributed by atoms with van der Waals surface area (Å²) in [5.74, 6) is 0.00518. The molecule has 0 aliphatic heterocycles. The first-order valence-electron chi connectivity index (χ1n) is 8.28. The Kier molecular flexibility index (Phi) is 6.49. The number of rotatable bonds is 7. The molecule has 2 rings (SSSR count). The van der Waals surface area contributed by atoms with E-state index in [0.717, 1.165) is 17.2 Å². The molecule has 1 atom stereocenters. The molecule has 0 fully saturated rings. The predicted octanol–water partition coefficient (Wildman–Crippen LogP) is 5.48. The van der Waals surface area contributed by atoms with Crippen molar-refractivity contribution in [2.75, 3.05) is 6.61 Å². The van der Waals surface area contributed by atoms with Crippen LogP contribution in [-0.4, -0.2) is 23.1 Å². The summed E-state index contributed by atoms with van der Waals surface area (Å²) in [6.07, 6.45) is 0. The van der Waals surface area contributed by atoms with Gasteiger partial charge in [0.25, 0.3) is 10.1 Å². The number of halogens is 1. The summed E-state index contributed by atoms with van der Waals surface area (Å²) in [5, 5.41) is 0.652. The van der Waals surface area contributed by atoms with E-state index in [1.165, 1.54) is 0 Å². The lowest BCUT2D eigenvalue weighted by Crippen LogP contribution is -2.26. The van der Waals surface area contributed by atoms with Crippen LogP contribution in [0.15, 0.2) is 53.4 Å². The van der Waals surface area contributed by atoms with Gasteiger partial charge in [-0.1, -0.05) is 61.1 Å². The summed E-state index contributed by atoms with van der Waals surface area (Å²) in [5.41, 5.74) is 2.03. The molecule has 0 N–H and O–H groups in total. The second-order valence-electron chi connectivity index (χ2n) is 7.57. The molecule has 0 bridgehead atoms. The van der Waals surface area contributed by atoms with Crippen molar-refractivity contribution >= 4 is 29.8 Å². The lowest BCUT2D eigenvalue weighted by Gasteiger charge is -2.25. The standard InChI is InChI=1S/C19H25ClO3SSi/c1-15-8-10-19(11-9-15)24(21,22)23-13-17(14-25(2,3)4)16-6-5-7-18(20)12-16/h5-12,17H,13-14H2,1-4H3. The maximum atomic E-state index is 12.5. The predicted molar refractivity (Wildman–Crippen MR) is 107 cm³/mol. The highest BCUT2D eigenvalue weighted by molar-refractivity contribution is 7.86. The van der Waals surface area contributed by atoms with Crippen LogP contribution in [0.2, 0.25) is 30.7 Å². The topological polar surface area (TPSA) is 43.4 Å². The van der Waals surface area contributed by atoms with E-state index in [1.807, 2.05) is 31.2 Å². The molecule has 0 amide bonds. The van der Waals surface area contributed by atoms with Crippen molar-refractivity contribution in [3.8, 4) is 0 Å². The summed E-state index contributed by atoms with van der Waals surface area (Å²) < 4.78 is 30.4. The largest absolute Gasteiger partial charge is 0.296 e. The van der Waals surface area contributed by atoms with Gasteiger partial charge in [0, 0.05) is 19.0 Å². The Morgan fingerprint density at radius 3 is 2.28 bits per heavy atom. The zero-order chi connectivity index (χ0) is 18.7. The minimum atomic E-state index is -3.76. The minimum Gasteiger partial charge on any atom is -0.266 e. The van der Waals surface area contributed by atoms with Crippen molar-refractivity contribution in [1.29, 1.82) is 0 Å². The third-order valence-corrected chi connectivity index (χ3v) is 7.16. The third-order valence-electron chi connectivity index (χ3n) is 3.91. The number of benzene rings is 2. The monoisotopic (exact) mass is 396 g/mol. The van der Waals surface area contributed by atoms with Gasteiger partial charge in [-0.3, -0.25) is 4.18 Å². The number of hydrogen-bond acceptors (Lipinski definition) is 3. The molecule has 1 unspecified atom stereocenters. The van der Waals surface area contributed by atoms with Gasteiger partial charge in [0.15, 0.2) is 0 Å². The van der Waals surface area contributed by atoms with E-state index in [2.05, 4.69) is 19.6 Å². The maximum Gasteiger partial charge on any atom is 0.296 e. The molecule has 3 nitrogen and oxygen atoms in total. The van der Waals surface area contributed by atoms with Gasteiger partial charge in [0.1, 0.15) is 0 Å². The van der Waals surface area contributed by atoms with Crippen molar-refractivity contribution in [1.82, 2.24) is 0 Å². The van der Waals surface area contributed by atoms with Gasteiger partial charge in [-0.15, -0.1) is 0 Å². The Morgan fingerprint density at radius 2 is 1.72 bits per heavy atom. The fourth-order valence-corrected chi connectivity index (χ4v) is 5.70. The molecule has 2 aromatic rings. The van der Waals surface area contributed by atoms with E-state index < -0.39 is 18.2 Å². The lowest BCUT2D eigenvalue weighted by atomic mass is 10.0. The smallest absolute Gasteiger partial charge is 0.266 e. The van der Waals surface area contributed by atoms with Crippen LogP contribution < -0.4 is 0 Å². The molecule has 0 aliphatic rings. The van der Waals surface area contributed by atoms with Crippen molar-refractivity contribution in [3.63, 3.8) is 0 Å². The van der Waals surface area contributed by atoms with Gasteiger partial charge in [0.2, 0.25) is 0 Å². The van der Waals surface area contributed by atoms with Gasteiger partial charge in [-0.05, 0) is 42.8 Å². The summed E-state index contributed by atoms with van der Waals surface area (Å²) in [7, 11) is -5.18. The Balaban J connectivity index is 2.20. The van der Waals surface area contributed by atoms with Crippen LogP contribution in [0.1, 0.15) is 17.0 Å². The first kappa shape index (κ1) is 20.2.